The highest BCUT2D eigenvalue weighted by Gasteiger charge is 2.32. The third-order valence-corrected chi connectivity index (χ3v) is 8.96. The first-order chi connectivity index (χ1) is 19.3. The van der Waals surface area contributed by atoms with Crippen molar-refractivity contribution in [2.75, 3.05) is 42.9 Å². The third kappa shape index (κ3) is 9.01. The highest BCUT2D eigenvalue weighted by Crippen LogP contribution is 2.37. The minimum absolute atomic E-state index is 0.0145. The number of pyridine rings is 1. The standard InChI is InChI=1S/C28H37F2N5O5S/c1-6-7-31-15-25(36)24(16-40-23-12-21(29)11-22(30)13-23)33-28(37)19-9-26(32-14-20-8-18(20)4)34-27(10-19)35(5)41(38,39)17(2)3/h1,9-13,17-18,20,24-25,31,36H,7-8,14-16H2,2-5H3,(H,32,34)(H,33,37)/t18-,20+,24-,25+/m0/s1. The second kappa shape index (κ2) is 13.9. The monoisotopic (exact) mass is 593 g/mol. The molecule has 13 heteroatoms. The zero-order valence-corrected chi connectivity index (χ0v) is 24.3. The number of nitrogens with one attached hydrogen (secondary N) is 3. The molecule has 3 rings (SSSR count). The van der Waals surface area contributed by atoms with E-state index in [1.807, 2.05) is 0 Å². The van der Waals surface area contributed by atoms with E-state index in [9.17, 15) is 27.1 Å². The lowest BCUT2D eigenvalue weighted by Crippen LogP contribution is -2.50. The van der Waals surface area contributed by atoms with Gasteiger partial charge in [0.2, 0.25) is 10.0 Å². The van der Waals surface area contributed by atoms with Gasteiger partial charge in [0.15, 0.2) is 0 Å². The largest absolute Gasteiger partial charge is 0.491 e. The number of ether oxygens (including phenoxy) is 1. The highest BCUT2D eigenvalue weighted by molar-refractivity contribution is 7.93. The van der Waals surface area contributed by atoms with E-state index in [0.717, 1.165) is 22.9 Å². The van der Waals surface area contributed by atoms with Crippen LogP contribution in [0.15, 0.2) is 30.3 Å². The Labute approximate surface area is 239 Å². The first-order valence-electron chi connectivity index (χ1n) is 13.3. The molecule has 0 aliphatic heterocycles. The van der Waals surface area contributed by atoms with E-state index < -0.39 is 45.0 Å². The molecular formula is C28H37F2N5O5S. The lowest BCUT2D eigenvalue weighted by molar-refractivity contribution is 0.0737. The first kappa shape index (κ1) is 32.0. The van der Waals surface area contributed by atoms with Gasteiger partial charge >= 0.3 is 0 Å². The van der Waals surface area contributed by atoms with E-state index in [1.54, 1.807) is 13.8 Å². The van der Waals surface area contributed by atoms with Crippen molar-refractivity contribution in [2.45, 2.75) is 44.6 Å². The number of sulfonamides is 1. The van der Waals surface area contributed by atoms with Crippen molar-refractivity contribution in [2.24, 2.45) is 11.8 Å². The van der Waals surface area contributed by atoms with Crippen molar-refractivity contribution in [1.29, 1.82) is 0 Å². The summed E-state index contributed by atoms with van der Waals surface area (Å²) in [4.78, 5) is 17.9. The number of hydrogen-bond acceptors (Lipinski definition) is 8. The fraction of sp³-hybridized carbons (Fsp3) is 0.500. The number of aliphatic hydroxyl groups is 1. The van der Waals surface area contributed by atoms with Crippen LogP contribution >= 0.6 is 0 Å². The molecule has 4 atom stereocenters. The summed E-state index contributed by atoms with van der Waals surface area (Å²) >= 11 is 0. The number of halogens is 2. The van der Waals surface area contributed by atoms with Gasteiger partial charge in [0, 0.05) is 43.9 Å². The molecule has 0 bridgehead atoms. The minimum atomic E-state index is -3.75. The fourth-order valence-electron chi connectivity index (χ4n) is 4.00. The molecule has 1 aliphatic carbocycles. The smallest absolute Gasteiger partial charge is 0.251 e. The number of aliphatic hydroxyl groups excluding tert-OH is 1. The van der Waals surface area contributed by atoms with Crippen LogP contribution in [0.2, 0.25) is 0 Å². The van der Waals surface area contributed by atoms with Crippen LogP contribution in [0, 0.1) is 35.8 Å². The van der Waals surface area contributed by atoms with Crippen LogP contribution in [0.4, 0.5) is 20.4 Å². The minimum Gasteiger partial charge on any atom is -0.491 e. The number of carbonyl (C=O) groups excluding carboxylic acids is 1. The zero-order chi connectivity index (χ0) is 30.3. The average molecular weight is 594 g/mol. The SMILES string of the molecule is C#CCNC[C@@H](O)[C@H](COc1cc(F)cc(F)c1)NC(=O)c1cc(NC[C@H]2C[C@@H]2C)nc(N(C)S(=O)(=O)C(C)C)c1. The number of terminal acetylenes is 1. The van der Waals surface area contributed by atoms with Crippen LogP contribution in [0.5, 0.6) is 5.75 Å². The van der Waals surface area contributed by atoms with Gasteiger partial charge < -0.3 is 25.8 Å². The molecule has 1 aromatic carbocycles. The Kier molecular flexibility index (Phi) is 10.9. The van der Waals surface area contributed by atoms with E-state index >= 15 is 0 Å². The second-order valence-corrected chi connectivity index (χ2v) is 12.9. The quantitative estimate of drug-likeness (QED) is 0.183. The Hall–Kier alpha value is -3.47. The van der Waals surface area contributed by atoms with E-state index in [0.29, 0.717) is 30.3 Å². The molecule has 10 nitrogen and oxygen atoms in total. The number of benzene rings is 1. The zero-order valence-electron chi connectivity index (χ0n) is 23.5. The number of hydrogen-bond donors (Lipinski definition) is 4. The molecule has 1 saturated carbocycles. The molecule has 2 aromatic rings. The summed E-state index contributed by atoms with van der Waals surface area (Å²) in [6, 6.07) is 4.43. The lowest BCUT2D eigenvalue weighted by Gasteiger charge is -2.25. The summed E-state index contributed by atoms with van der Waals surface area (Å²) in [5.41, 5.74) is 0.0812. The molecule has 41 heavy (non-hydrogen) atoms. The van der Waals surface area contributed by atoms with Crippen molar-refractivity contribution in [3.63, 3.8) is 0 Å². The summed E-state index contributed by atoms with van der Waals surface area (Å²) in [5, 5.41) is 18.8. The number of amides is 1. The molecule has 4 N–H and O–H groups in total. The Balaban J connectivity index is 1.87. The number of rotatable bonds is 15. The Morgan fingerprint density at radius 1 is 1.24 bits per heavy atom. The van der Waals surface area contributed by atoms with Gasteiger partial charge in [-0.2, -0.15) is 0 Å². The van der Waals surface area contributed by atoms with Gasteiger partial charge in [0.05, 0.1) is 23.9 Å². The summed E-state index contributed by atoms with van der Waals surface area (Å²) < 4.78 is 59.5. The van der Waals surface area contributed by atoms with Crippen LogP contribution in [0.3, 0.4) is 0 Å². The van der Waals surface area contributed by atoms with Gasteiger partial charge in [-0.1, -0.05) is 12.8 Å². The summed E-state index contributed by atoms with van der Waals surface area (Å²) in [5.74, 6) is 1.28. The molecule has 1 fully saturated rings. The summed E-state index contributed by atoms with van der Waals surface area (Å²) in [6.07, 6.45) is 5.10. The maximum absolute atomic E-state index is 13.6. The van der Waals surface area contributed by atoms with E-state index in [2.05, 4.69) is 33.8 Å². The summed E-state index contributed by atoms with van der Waals surface area (Å²) in [6.45, 7) is 5.63. The normalized spacial score (nSPS) is 17.8. The first-order valence-corrected chi connectivity index (χ1v) is 14.8. The van der Waals surface area contributed by atoms with Crippen molar-refractivity contribution in [1.82, 2.24) is 15.6 Å². The van der Waals surface area contributed by atoms with E-state index in [4.69, 9.17) is 11.2 Å². The van der Waals surface area contributed by atoms with Crippen LogP contribution in [0.1, 0.15) is 37.6 Å². The molecule has 0 saturated heterocycles. The van der Waals surface area contributed by atoms with E-state index in [-0.39, 0.29) is 36.8 Å². The predicted molar refractivity (Wildman–Crippen MR) is 153 cm³/mol. The third-order valence-electron chi connectivity index (χ3n) is 6.82. The molecule has 0 spiro atoms. The van der Waals surface area contributed by atoms with Gasteiger partial charge in [0.1, 0.15) is 35.6 Å². The molecule has 1 amide bonds. The lowest BCUT2D eigenvalue weighted by atomic mass is 10.1. The molecule has 224 valence electrons. The highest BCUT2D eigenvalue weighted by atomic mass is 32.2. The van der Waals surface area contributed by atoms with E-state index in [1.165, 1.54) is 19.2 Å². The maximum Gasteiger partial charge on any atom is 0.251 e. The number of carbonyl (C=O) groups is 1. The number of anilines is 2. The van der Waals surface area contributed by atoms with Gasteiger partial charge in [-0.3, -0.25) is 9.10 Å². The van der Waals surface area contributed by atoms with Crippen LogP contribution in [0.25, 0.3) is 0 Å². The Bertz CT molecular complexity index is 1350. The average Bonchev–Trinajstić information content (AvgIpc) is 3.63. The Morgan fingerprint density at radius 2 is 1.90 bits per heavy atom. The van der Waals surface area contributed by atoms with Crippen LogP contribution in [-0.4, -0.2) is 75.1 Å². The van der Waals surface area contributed by atoms with Crippen molar-refractivity contribution in [3.05, 3.63) is 47.5 Å². The van der Waals surface area contributed by atoms with Crippen molar-refractivity contribution >= 4 is 27.6 Å². The van der Waals surface area contributed by atoms with Crippen LogP contribution < -0.4 is 25.0 Å². The molecule has 1 aromatic heterocycles. The molecule has 0 unspecified atom stereocenters. The van der Waals surface area contributed by atoms with Gasteiger partial charge in [-0.15, -0.1) is 6.42 Å². The molecule has 0 radical (unpaired) electrons. The summed E-state index contributed by atoms with van der Waals surface area (Å²) in [7, 11) is -2.38. The molecular weight excluding hydrogens is 556 g/mol. The van der Waals surface area contributed by atoms with Gasteiger partial charge in [0.25, 0.3) is 5.91 Å². The molecule has 1 aliphatic rings. The second-order valence-electron chi connectivity index (χ2n) is 10.4. The fourth-order valence-corrected chi connectivity index (χ4v) is 4.98. The van der Waals surface area contributed by atoms with Gasteiger partial charge in [-0.05, 0) is 44.2 Å². The number of aromatic nitrogens is 1. The van der Waals surface area contributed by atoms with Crippen LogP contribution in [-0.2, 0) is 10.0 Å². The van der Waals surface area contributed by atoms with Crippen molar-refractivity contribution in [3.8, 4) is 18.1 Å². The van der Waals surface area contributed by atoms with Gasteiger partial charge in [-0.25, -0.2) is 22.2 Å². The topological polar surface area (TPSA) is 133 Å². The predicted octanol–water partition coefficient (Wildman–Crippen LogP) is 2.36. The van der Waals surface area contributed by atoms with Crippen molar-refractivity contribution < 1.29 is 31.8 Å². The molecule has 1 heterocycles. The maximum atomic E-state index is 13.6. The Morgan fingerprint density at radius 3 is 2.49 bits per heavy atom. The number of nitrogens with zero attached hydrogens (tertiary/aromatic N) is 2.